The number of hydrogen-bond acceptors (Lipinski definition) is 1. The summed E-state index contributed by atoms with van der Waals surface area (Å²) in [7, 11) is 0. The normalized spacial score (nSPS) is 20.4. The fourth-order valence-electron chi connectivity index (χ4n) is 2.61. The Morgan fingerprint density at radius 2 is 2.00 bits per heavy atom. The highest BCUT2D eigenvalue weighted by Crippen LogP contribution is 2.46. The van der Waals surface area contributed by atoms with Crippen molar-refractivity contribution in [1.29, 1.82) is 0 Å². The number of fused-ring (bicyclic) bond motifs is 1. The molecule has 82 valence electrons. The number of aryl methyl sites for hydroxylation is 1. The summed E-state index contributed by atoms with van der Waals surface area (Å²) in [5.41, 5.74) is 8.32. The third-order valence-corrected chi connectivity index (χ3v) is 3.33. The minimum atomic E-state index is -0.123. The summed E-state index contributed by atoms with van der Waals surface area (Å²) < 4.78 is 13.9. The first kappa shape index (κ1) is 10.5. The summed E-state index contributed by atoms with van der Waals surface area (Å²) in [6.45, 7) is 6.51. The maximum absolute atomic E-state index is 13.9. The van der Waals surface area contributed by atoms with E-state index in [0.717, 1.165) is 24.0 Å². The van der Waals surface area contributed by atoms with E-state index in [1.54, 1.807) is 0 Å². The SMILES string of the molecule is CC(C)(C)C1CCc2cc(N)cc(F)c21. The van der Waals surface area contributed by atoms with Crippen LogP contribution in [0.4, 0.5) is 10.1 Å². The van der Waals surface area contributed by atoms with Crippen molar-refractivity contribution in [1.82, 2.24) is 0 Å². The molecule has 2 rings (SSSR count). The van der Waals surface area contributed by atoms with Crippen LogP contribution < -0.4 is 5.73 Å². The zero-order valence-electron chi connectivity index (χ0n) is 9.60. The third kappa shape index (κ3) is 1.73. The Hall–Kier alpha value is -1.05. The minimum Gasteiger partial charge on any atom is -0.399 e. The van der Waals surface area contributed by atoms with Crippen LogP contribution in [-0.4, -0.2) is 0 Å². The van der Waals surface area contributed by atoms with Crippen molar-refractivity contribution in [3.63, 3.8) is 0 Å². The molecule has 0 fully saturated rings. The lowest BCUT2D eigenvalue weighted by atomic mass is 9.77. The van der Waals surface area contributed by atoms with Crippen LogP contribution in [0.5, 0.6) is 0 Å². The molecule has 2 N–H and O–H groups in total. The lowest BCUT2D eigenvalue weighted by Gasteiger charge is -2.28. The molecule has 0 saturated heterocycles. The summed E-state index contributed by atoms with van der Waals surface area (Å²) in [4.78, 5) is 0. The molecule has 0 bridgehead atoms. The molecule has 15 heavy (non-hydrogen) atoms. The highest BCUT2D eigenvalue weighted by atomic mass is 19.1. The Bertz CT molecular complexity index is 390. The predicted molar refractivity (Wildman–Crippen MR) is 61.3 cm³/mol. The van der Waals surface area contributed by atoms with Crippen LogP contribution in [-0.2, 0) is 6.42 Å². The number of nitrogens with two attached hydrogens (primary N) is 1. The van der Waals surface area contributed by atoms with Gasteiger partial charge in [0.2, 0.25) is 0 Å². The molecule has 0 aromatic heterocycles. The van der Waals surface area contributed by atoms with Gasteiger partial charge in [-0.2, -0.15) is 0 Å². The van der Waals surface area contributed by atoms with E-state index >= 15 is 0 Å². The first-order chi connectivity index (χ1) is 6.89. The molecule has 1 aromatic rings. The largest absolute Gasteiger partial charge is 0.399 e. The Kier molecular flexibility index (Phi) is 2.25. The fourth-order valence-corrected chi connectivity index (χ4v) is 2.61. The predicted octanol–water partition coefficient (Wildman–Crippen LogP) is 3.48. The van der Waals surface area contributed by atoms with Crippen molar-refractivity contribution < 1.29 is 4.39 Å². The Balaban J connectivity index is 2.51. The van der Waals surface area contributed by atoms with E-state index in [1.165, 1.54) is 6.07 Å². The Morgan fingerprint density at radius 3 is 2.60 bits per heavy atom. The lowest BCUT2D eigenvalue weighted by Crippen LogP contribution is -2.17. The van der Waals surface area contributed by atoms with Crippen LogP contribution in [0, 0.1) is 11.2 Å². The van der Waals surface area contributed by atoms with Gasteiger partial charge in [-0.3, -0.25) is 0 Å². The second-order valence-corrected chi connectivity index (χ2v) is 5.53. The number of nitrogen functional groups attached to an aromatic ring is 1. The molecule has 0 amide bonds. The van der Waals surface area contributed by atoms with Crippen LogP contribution in [0.3, 0.4) is 0 Å². The standard InChI is InChI=1S/C13H18FN/c1-13(2,3)10-5-4-8-6-9(15)7-11(14)12(8)10/h6-7,10H,4-5,15H2,1-3H3. The quantitative estimate of drug-likeness (QED) is 0.647. The molecule has 2 heteroatoms. The van der Waals surface area contributed by atoms with Crippen molar-refractivity contribution in [2.45, 2.75) is 39.5 Å². The highest BCUT2D eigenvalue weighted by Gasteiger charge is 2.34. The van der Waals surface area contributed by atoms with Gasteiger partial charge in [-0.15, -0.1) is 0 Å². The second kappa shape index (κ2) is 3.22. The monoisotopic (exact) mass is 207 g/mol. The molecule has 1 unspecified atom stereocenters. The van der Waals surface area contributed by atoms with Gasteiger partial charge in [0.05, 0.1) is 0 Å². The summed E-state index contributed by atoms with van der Waals surface area (Å²) in [6, 6.07) is 3.37. The maximum atomic E-state index is 13.9. The van der Waals surface area contributed by atoms with Crippen LogP contribution in [0.1, 0.15) is 44.2 Å². The van der Waals surface area contributed by atoms with Crippen molar-refractivity contribution in [2.24, 2.45) is 5.41 Å². The topological polar surface area (TPSA) is 26.0 Å². The molecular formula is C13H18FN. The van der Waals surface area contributed by atoms with Gasteiger partial charge in [0.25, 0.3) is 0 Å². The van der Waals surface area contributed by atoms with Gasteiger partial charge in [-0.05, 0) is 47.4 Å². The van der Waals surface area contributed by atoms with Gasteiger partial charge in [0.15, 0.2) is 0 Å². The van der Waals surface area contributed by atoms with Crippen molar-refractivity contribution >= 4 is 5.69 Å². The average molecular weight is 207 g/mol. The third-order valence-electron chi connectivity index (χ3n) is 3.33. The molecule has 0 heterocycles. The molecule has 0 spiro atoms. The first-order valence-electron chi connectivity index (χ1n) is 5.47. The van der Waals surface area contributed by atoms with Gasteiger partial charge in [0.1, 0.15) is 5.82 Å². The van der Waals surface area contributed by atoms with Crippen molar-refractivity contribution in [2.75, 3.05) is 5.73 Å². The highest BCUT2D eigenvalue weighted by molar-refractivity contribution is 5.49. The number of anilines is 1. The Labute approximate surface area is 90.5 Å². The van der Waals surface area contributed by atoms with Crippen LogP contribution in [0.2, 0.25) is 0 Å². The fraction of sp³-hybridized carbons (Fsp3) is 0.538. The van der Waals surface area contributed by atoms with E-state index in [0.29, 0.717) is 11.6 Å². The zero-order chi connectivity index (χ0) is 11.2. The molecular weight excluding hydrogens is 189 g/mol. The molecule has 1 aromatic carbocycles. The van der Waals surface area contributed by atoms with Gasteiger partial charge in [-0.1, -0.05) is 20.8 Å². The molecule has 0 aliphatic heterocycles. The molecule has 1 nitrogen and oxygen atoms in total. The van der Waals surface area contributed by atoms with E-state index in [4.69, 9.17) is 5.73 Å². The second-order valence-electron chi connectivity index (χ2n) is 5.53. The maximum Gasteiger partial charge on any atom is 0.129 e. The summed E-state index contributed by atoms with van der Waals surface area (Å²) in [6.07, 6.45) is 2.00. The number of benzene rings is 1. The molecule has 1 aliphatic carbocycles. The van der Waals surface area contributed by atoms with Crippen LogP contribution >= 0.6 is 0 Å². The average Bonchev–Trinajstić information content (AvgIpc) is 2.45. The van der Waals surface area contributed by atoms with E-state index in [1.807, 2.05) is 6.07 Å². The summed E-state index contributed by atoms with van der Waals surface area (Å²) in [5, 5.41) is 0. The lowest BCUT2D eigenvalue weighted by molar-refractivity contribution is 0.313. The van der Waals surface area contributed by atoms with Gasteiger partial charge in [0, 0.05) is 5.69 Å². The Morgan fingerprint density at radius 1 is 1.33 bits per heavy atom. The molecule has 0 saturated carbocycles. The van der Waals surface area contributed by atoms with E-state index < -0.39 is 0 Å². The van der Waals surface area contributed by atoms with E-state index in [-0.39, 0.29) is 11.2 Å². The summed E-state index contributed by atoms with van der Waals surface area (Å²) in [5.74, 6) is 0.204. The van der Waals surface area contributed by atoms with Gasteiger partial charge >= 0.3 is 0 Å². The van der Waals surface area contributed by atoms with Gasteiger partial charge in [-0.25, -0.2) is 4.39 Å². The smallest absolute Gasteiger partial charge is 0.129 e. The van der Waals surface area contributed by atoms with Gasteiger partial charge < -0.3 is 5.73 Å². The van der Waals surface area contributed by atoms with E-state index in [2.05, 4.69) is 20.8 Å². The molecule has 1 aliphatic rings. The van der Waals surface area contributed by atoms with Crippen LogP contribution in [0.25, 0.3) is 0 Å². The van der Waals surface area contributed by atoms with Crippen LogP contribution in [0.15, 0.2) is 12.1 Å². The van der Waals surface area contributed by atoms with Crippen molar-refractivity contribution in [3.05, 3.63) is 29.1 Å². The zero-order valence-corrected chi connectivity index (χ0v) is 9.60. The number of rotatable bonds is 0. The minimum absolute atomic E-state index is 0.123. The molecule has 0 radical (unpaired) electrons. The first-order valence-corrected chi connectivity index (χ1v) is 5.47. The van der Waals surface area contributed by atoms with E-state index in [9.17, 15) is 4.39 Å². The summed E-state index contributed by atoms with van der Waals surface area (Å²) >= 11 is 0. The molecule has 1 atom stereocenters. The van der Waals surface area contributed by atoms with Crippen molar-refractivity contribution in [3.8, 4) is 0 Å². The number of halogens is 1. The number of hydrogen-bond donors (Lipinski definition) is 1.